The van der Waals surface area contributed by atoms with Gasteiger partial charge in [0, 0.05) is 55.4 Å². The van der Waals surface area contributed by atoms with Crippen LogP contribution in [0.25, 0.3) is 11.3 Å². The van der Waals surface area contributed by atoms with Crippen LogP contribution in [0, 0.1) is 0 Å². The van der Waals surface area contributed by atoms with Gasteiger partial charge in [0.05, 0.1) is 5.69 Å². The lowest BCUT2D eigenvalue weighted by molar-refractivity contribution is -0.121. The van der Waals surface area contributed by atoms with E-state index in [2.05, 4.69) is 15.5 Å². The third-order valence-electron chi connectivity index (χ3n) is 3.88. The first kappa shape index (κ1) is 17.5. The third-order valence-corrected chi connectivity index (χ3v) is 3.88. The first-order valence-corrected chi connectivity index (χ1v) is 8.43. The molecule has 0 radical (unpaired) electrons. The fourth-order valence-corrected chi connectivity index (χ4v) is 2.49. The van der Waals surface area contributed by atoms with Crippen molar-refractivity contribution in [2.24, 2.45) is 0 Å². The van der Waals surface area contributed by atoms with Gasteiger partial charge >= 0.3 is 0 Å². The number of benzene rings is 1. The number of aromatic nitrogens is 2. The minimum Gasteiger partial charge on any atom is -0.356 e. The summed E-state index contributed by atoms with van der Waals surface area (Å²) < 4.78 is 5.32. The molecule has 0 fully saturated rings. The Hall–Kier alpha value is -3.28. The SMILES string of the molecule is O=C(CCC(=O)c1cccnc1)NCCc1cc(-c2ccccc2)on1. The Bertz CT molecular complexity index is 860. The number of carbonyl (C=O) groups excluding carboxylic acids is 2. The van der Waals surface area contributed by atoms with Crippen molar-refractivity contribution in [3.63, 3.8) is 0 Å². The van der Waals surface area contributed by atoms with Crippen molar-refractivity contribution in [3.05, 3.63) is 72.2 Å². The van der Waals surface area contributed by atoms with E-state index in [4.69, 9.17) is 4.52 Å². The fraction of sp³-hybridized carbons (Fsp3) is 0.200. The highest BCUT2D eigenvalue weighted by Crippen LogP contribution is 2.19. The molecule has 0 atom stereocenters. The zero-order valence-corrected chi connectivity index (χ0v) is 14.2. The first-order valence-electron chi connectivity index (χ1n) is 8.43. The van der Waals surface area contributed by atoms with Crippen LogP contribution in [0.1, 0.15) is 28.9 Å². The van der Waals surface area contributed by atoms with Crippen LogP contribution in [-0.4, -0.2) is 28.4 Å². The topological polar surface area (TPSA) is 85.1 Å². The molecular weight excluding hydrogens is 330 g/mol. The summed E-state index contributed by atoms with van der Waals surface area (Å²) in [6.45, 7) is 0.445. The molecule has 26 heavy (non-hydrogen) atoms. The molecular formula is C20H19N3O3. The van der Waals surface area contributed by atoms with Crippen molar-refractivity contribution in [1.29, 1.82) is 0 Å². The molecule has 0 bridgehead atoms. The molecule has 6 nitrogen and oxygen atoms in total. The normalized spacial score (nSPS) is 10.5. The maximum atomic E-state index is 11.9. The zero-order valence-electron chi connectivity index (χ0n) is 14.2. The Morgan fingerprint density at radius 2 is 1.88 bits per heavy atom. The highest BCUT2D eigenvalue weighted by Gasteiger charge is 2.10. The molecule has 3 rings (SSSR count). The van der Waals surface area contributed by atoms with Crippen LogP contribution in [0.15, 0.2) is 65.4 Å². The van der Waals surface area contributed by atoms with Gasteiger partial charge in [-0.15, -0.1) is 0 Å². The molecule has 3 aromatic rings. The Morgan fingerprint density at radius 3 is 2.65 bits per heavy atom. The zero-order chi connectivity index (χ0) is 18.2. The third kappa shape index (κ3) is 4.86. The molecule has 6 heteroatoms. The number of rotatable bonds is 8. The van der Waals surface area contributed by atoms with Crippen molar-refractivity contribution in [1.82, 2.24) is 15.5 Å². The van der Waals surface area contributed by atoms with Gasteiger partial charge in [-0.25, -0.2) is 0 Å². The van der Waals surface area contributed by atoms with Crippen molar-refractivity contribution in [2.45, 2.75) is 19.3 Å². The van der Waals surface area contributed by atoms with E-state index >= 15 is 0 Å². The molecule has 0 unspecified atom stereocenters. The van der Waals surface area contributed by atoms with E-state index in [1.807, 2.05) is 36.4 Å². The summed E-state index contributed by atoms with van der Waals surface area (Å²) in [7, 11) is 0. The van der Waals surface area contributed by atoms with Gasteiger partial charge in [-0.1, -0.05) is 35.5 Å². The van der Waals surface area contributed by atoms with E-state index in [-0.39, 0.29) is 24.5 Å². The predicted molar refractivity (Wildman–Crippen MR) is 96.5 cm³/mol. The quantitative estimate of drug-likeness (QED) is 0.632. The average molecular weight is 349 g/mol. The lowest BCUT2D eigenvalue weighted by Crippen LogP contribution is -2.26. The summed E-state index contributed by atoms with van der Waals surface area (Å²) in [4.78, 5) is 27.7. The molecule has 0 spiro atoms. The maximum absolute atomic E-state index is 11.9. The summed E-state index contributed by atoms with van der Waals surface area (Å²) in [5, 5.41) is 6.81. The minimum atomic E-state index is -0.158. The van der Waals surface area contributed by atoms with Crippen LogP contribution in [0.4, 0.5) is 0 Å². The van der Waals surface area contributed by atoms with Gasteiger partial charge in [-0.05, 0) is 12.1 Å². The van der Waals surface area contributed by atoms with Crippen LogP contribution in [0.2, 0.25) is 0 Å². The number of Topliss-reactive ketones (excluding diaryl/α,β-unsaturated/α-hetero) is 1. The van der Waals surface area contributed by atoms with Crippen molar-refractivity contribution < 1.29 is 14.1 Å². The molecule has 2 aromatic heterocycles. The number of nitrogens with zero attached hydrogens (tertiary/aromatic N) is 2. The molecule has 0 aliphatic rings. The molecule has 1 amide bonds. The lowest BCUT2D eigenvalue weighted by atomic mass is 10.1. The highest BCUT2D eigenvalue weighted by molar-refractivity contribution is 5.97. The first-order chi connectivity index (χ1) is 12.7. The fourth-order valence-electron chi connectivity index (χ4n) is 2.49. The van der Waals surface area contributed by atoms with Gasteiger partial charge in [-0.2, -0.15) is 0 Å². The van der Waals surface area contributed by atoms with Crippen molar-refractivity contribution >= 4 is 11.7 Å². The summed E-state index contributed by atoms with van der Waals surface area (Å²) in [6, 6.07) is 15.0. The van der Waals surface area contributed by atoms with Crippen LogP contribution in [-0.2, 0) is 11.2 Å². The van der Waals surface area contributed by atoms with Gasteiger partial charge in [-0.3, -0.25) is 14.6 Å². The standard InChI is InChI=1S/C20H19N3O3/c24-18(16-7-4-11-21-14-16)8-9-20(25)22-12-10-17-13-19(26-23-17)15-5-2-1-3-6-15/h1-7,11,13-14H,8-10,12H2,(H,22,25). The Morgan fingerprint density at radius 1 is 1.04 bits per heavy atom. The second-order valence-corrected chi connectivity index (χ2v) is 5.81. The van der Waals surface area contributed by atoms with Gasteiger partial charge in [0.15, 0.2) is 11.5 Å². The molecule has 0 saturated heterocycles. The van der Waals surface area contributed by atoms with Gasteiger partial charge in [0.1, 0.15) is 0 Å². The number of ketones is 1. The van der Waals surface area contributed by atoms with E-state index in [1.165, 1.54) is 6.20 Å². The molecule has 0 aliphatic carbocycles. The molecule has 0 saturated carbocycles. The summed E-state index contributed by atoms with van der Waals surface area (Å²) >= 11 is 0. The van der Waals surface area contributed by atoms with Gasteiger partial charge in [0.25, 0.3) is 0 Å². The Balaban J connectivity index is 1.40. The predicted octanol–water partition coefficient (Wildman–Crippen LogP) is 3.06. The lowest BCUT2D eigenvalue weighted by Gasteiger charge is -2.03. The number of hydrogen-bond donors (Lipinski definition) is 1. The summed E-state index contributed by atoms with van der Waals surface area (Å²) in [5.41, 5.74) is 2.26. The largest absolute Gasteiger partial charge is 0.356 e. The summed E-state index contributed by atoms with van der Waals surface area (Å²) in [5.74, 6) is 0.459. The second kappa shape index (κ2) is 8.71. The van der Waals surface area contributed by atoms with Crippen molar-refractivity contribution in [2.75, 3.05) is 6.54 Å². The van der Waals surface area contributed by atoms with Gasteiger partial charge < -0.3 is 9.84 Å². The van der Waals surface area contributed by atoms with E-state index in [1.54, 1.807) is 18.3 Å². The minimum absolute atomic E-state index is 0.0859. The monoisotopic (exact) mass is 349 g/mol. The van der Waals surface area contributed by atoms with E-state index < -0.39 is 0 Å². The van der Waals surface area contributed by atoms with E-state index in [9.17, 15) is 9.59 Å². The van der Waals surface area contributed by atoms with Crippen LogP contribution >= 0.6 is 0 Å². The highest BCUT2D eigenvalue weighted by atomic mass is 16.5. The van der Waals surface area contributed by atoms with Crippen LogP contribution in [0.3, 0.4) is 0 Å². The molecule has 132 valence electrons. The van der Waals surface area contributed by atoms with Crippen LogP contribution < -0.4 is 5.32 Å². The van der Waals surface area contributed by atoms with E-state index in [0.717, 1.165) is 11.3 Å². The van der Waals surface area contributed by atoms with Crippen molar-refractivity contribution in [3.8, 4) is 11.3 Å². The molecule has 0 aliphatic heterocycles. The number of carbonyl (C=O) groups is 2. The van der Waals surface area contributed by atoms with E-state index in [0.29, 0.717) is 24.3 Å². The number of nitrogens with one attached hydrogen (secondary N) is 1. The maximum Gasteiger partial charge on any atom is 0.220 e. The van der Waals surface area contributed by atoms with Crippen LogP contribution in [0.5, 0.6) is 0 Å². The Labute approximate surface area is 151 Å². The molecule has 1 aromatic carbocycles. The second-order valence-electron chi connectivity index (χ2n) is 5.81. The molecule has 2 heterocycles. The smallest absolute Gasteiger partial charge is 0.220 e. The molecule has 1 N–H and O–H groups in total. The Kier molecular flexibility index (Phi) is 5.88. The average Bonchev–Trinajstić information content (AvgIpc) is 3.16. The van der Waals surface area contributed by atoms with Gasteiger partial charge in [0.2, 0.25) is 5.91 Å². The number of amides is 1. The summed E-state index contributed by atoms with van der Waals surface area (Å²) in [6.07, 6.45) is 4.01. The number of pyridine rings is 1. The number of hydrogen-bond acceptors (Lipinski definition) is 5.